The maximum Gasteiger partial charge on any atom is 0.137 e. The lowest BCUT2D eigenvalue weighted by Gasteiger charge is -2.06. The van der Waals surface area contributed by atoms with Crippen LogP contribution >= 0.6 is 38.5 Å². The van der Waals surface area contributed by atoms with Gasteiger partial charge in [-0.2, -0.15) is 0 Å². The van der Waals surface area contributed by atoms with E-state index in [0.717, 1.165) is 10.8 Å². The molecule has 0 saturated carbocycles. The highest BCUT2D eigenvalue weighted by Crippen LogP contribution is 2.29. The smallest absolute Gasteiger partial charge is 0.137 e. The lowest BCUT2D eigenvalue weighted by atomic mass is 10.1. The fourth-order valence-electron chi connectivity index (χ4n) is 1.06. The Balaban J connectivity index is 2.96. The Morgan fingerprint density at radius 3 is 2.77 bits per heavy atom. The summed E-state index contributed by atoms with van der Waals surface area (Å²) in [6.07, 6.45) is 1.64. The van der Waals surface area contributed by atoms with E-state index in [0.29, 0.717) is 16.5 Å². The topological polar surface area (TPSA) is 20.2 Å². The predicted octanol–water partition coefficient (Wildman–Crippen LogP) is 3.66. The van der Waals surface area contributed by atoms with Crippen LogP contribution in [0.4, 0.5) is 4.39 Å². The molecule has 13 heavy (non-hydrogen) atoms. The highest BCUT2D eigenvalue weighted by Gasteiger charge is 2.09. The molecule has 0 atom stereocenters. The zero-order valence-corrected chi connectivity index (χ0v) is 10.6. The Kier molecular flexibility index (Phi) is 4.45. The zero-order chi connectivity index (χ0) is 9.84. The molecule has 4 heteroatoms. The van der Waals surface area contributed by atoms with Crippen molar-refractivity contribution in [1.29, 1.82) is 0 Å². The van der Waals surface area contributed by atoms with Crippen LogP contribution in [0, 0.1) is 5.82 Å². The molecule has 0 aliphatic carbocycles. The summed E-state index contributed by atoms with van der Waals surface area (Å²) >= 11 is 5.38. The second-order valence-electron chi connectivity index (χ2n) is 2.65. The normalized spacial score (nSPS) is 10.4. The third-order valence-corrected chi connectivity index (χ3v) is 3.35. The lowest BCUT2D eigenvalue weighted by Crippen LogP contribution is -1.91. The molecule has 0 radical (unpaired) electrons. The van der Waals surface area contributed by atoms with E-state index in [9.17, 15) is 9.50 Å². The average molecular weight is 359 g/mol. The maximum atomic E-state index is 13.0. The Morgan fingerprint density at radius 1 is 1.46 bits per heavy atom. The molecule has 1 nitrogen and oxygen atoms in total. The second kappa shape index (κ2) is 5.14. The summed E-state index contributed by atoms with van der Waals surface area (Å²) in [5.74, 6) is -0.153. The van der Waals surface area contributed by atoms with Crippen LogP contribution in [0.25, 0.3) is 0 Å². The summed E-state index contributed by atoms with van der Waals surface area (Å²) in [7, 11) is 0. The zero-order valence-electron chi connectivity index (χ0n) is 6.86. The molecule has 0 unspecified atom stereocenters. The largest absolute Gasteiger partial charge is 0.508 e. The van der Waals surface area contributed by atoms with Gasteiger partial charge < -0.3 is 5.11 Å². The Morgan fingerprint density at radius 2 is 2.15 bits per heavy atom. The van der Waals surface area contributed by atoms with Crippen molar-refractivity contribution in [3.8, 4) is 5.75 Å². The van der Waals surface area contributed by atoms with Crippen LogP contribution in [0.1, 0.15) is 12.0 Å². The minimum absolute atomic E-state index is 0.165. The monoisotopic (exact) mass is 358 g/mol. The van der Waals surface area contributed by atoms with Crippen molar-refractivity contribution in [3.05, 3.63) is 28.0 Å². The molecule has 0 bridgehead atoms. The molecule has 0 amide bonds. The van der Waals surface area contributed by atoms with Gasteiger partial charge in [0.25, 0.3) is 0 Å². The van der Waals surface area contributed by atoms with Gasteiger partial charge >= 0.3 is 0 Å². The maximum absolute atomic E-state index is 13.0. The first-order valence-electron chi connectivity index (χ1n) is 3.88. The van der Waals surface area contributed by atoms with Crippen LogP contribution in [0.3, 0.4) is 0 Å². The third-order valence-electron chi connectivity index (χ3n) is 1.73. The van der Waals surface area contributed by atoms with Gasteiger partial charge in [-0.3, -0.25) is 0 Å². The van der Waals surface area contributed by atoms with E-state index in [1.807, 2.05) is 0 Å². The molecule has 0 aliphatic heterocycles. The summed E-state index contributed by atoms with van der Waals surface area (Å²) < 4.78 is 14.4. The summed E-state index contributed by atoms with van der Waals surface area (Å²) in [6, 6.07) is 2.65. The number of hydrogen-bond acceptors (Lipinski definition) is 1. The first kappa shape index (κ1) is 11.2. The highest BCUT2D eigenvalue weighted by atomic mass is 127. The van der Waals surface area contributed by atoms with E-state index >= 15 is 0 Å². The van der Waals surface area contributed by atoms with Crippen molar-refractivity contribution in [1.82, 2.24) is 0 Å². The number of phenolic OH excluding ortho intramolecular Hbond substituents is 1. The van der Waals surface area contributed by atoms with Gasteiger partial charge in [0, 0.05) is 5.56 Å². The Bertz CT molecular complexity index is 304. The average Bonchev–Trinajstić information content (AvgIpc) is 2.12. The van der Waals surface area contributed by atoms with Crippen LogP contribution in [0.5, 0.6) is 5.75 Å². The molecule has 1 N–H and O–H groups in total. The second-order valence-corrected chi connectivity index (χ2v) is 4.52. The number of phenols is 1. The number of hydrogen-bond donors (Lipinski definition) is 1. The highest BCUT2D eigenvalue weighted by molar-refractivity contribution is 14.1. The SMILES string of the molecule is Oc1ccc(F)c(Br)c1CCCI. The fourth-order valence-corrected chi connectivity index (χ4v) is 1.98. The van der Waals surface area contributed by atoms with Crippen LogP contribution in [0.15, 0.2) is 16.6 Å². The lowest BCUT2D eigenvalue weighted by molar-refractivity contribution is 0.464. The van der Waals surface area contributed by atoms with Crippen LogP contribution in [-0.4, -0.2) is 9.53 Å². The minimum atomic E-state index is -0.318. The number of aromatic hydroxyl groups is 1. The standard InChI is InChI=1S/C9H9BrFIO/c10-9-6(2-1-5-12)8(13)4-3-7(9)11/h3-4,13H,1-2,5H2. The van der Waals surface area contributed by atoms with Gasteiger partial charge in [-0.25, -0.2) is 4.39 Å². The van der Waals surface area contributed by atoms with Crippen molar-refractivity contribution in [2.24, 2.45) is 0 Å². The quantitative estimate of drug-likeness (QED) is 0.645. The van der Waals surface area contributed by atoms with Crippen molar-refractivity contribution in [3.63, 3.8) is 0 Å². The summed E-state index contributed by atoms with van der Waals surface area (Å²) in [5, 5.41) is 9.44. The molecular formula is C9H9BrFIO. The van der Waals surface area contributed by atoms with Gasteiger partial charge in [-0.05, 0) is 45.3 Å². The van der Waals surface area contributed by atoms with E-state index in [-0.39, 0.29) is 11.6 Å². The predicted molar refractivity (Wildman–Crippen MR) is 63.0 cm³/mol. The van der Waals surface area contributed by atoms with Gasteiger partial charge in [0.05, 0.1) is 4.47 Å². The summed E-state index contributed by atoms with van der Waals surface area (Å²) in [4.78, 5) is 0. The number of rotatable bonds is 3. The molecule has 0 saturated heterocycles. The van der Waals surface area contributed by atoms with Gasteiger partial charge in [0.1, 0.15) is 11.6 Å². The fraction of sp³-hybridized carbons (Fsp3) is 0.333. The number of halogens is 3. The first-order valence-corrected chi connectivity index (χ1v) is 6.20. The van der Waals surface area contributed by atoms with Crippen molar-refractivity contribution in [2.75, 3.05) is 4.43 Å². The van der Waals surface area contributed by atoms with E-state index in [1.54, 1.807) is 0 Å². The third kappa shape index (κ3) is 2.80. The van der Waals surface area contributed by atoms with Crippen molar-refractivity contribution in [2.45, 2.75) is 12.8 Å². The molecule has 1 aromatic carbocycles. The molecular weight excluding hydrogens is 350 g/mol. The van der Waals surface area contributed by atoms with Crippen LogP contribution < -0.4 is 0 Å². The molecule has 1 aromatic rings. The summed E-state index contributed by atoms with van der Waals surface area (Å²) in [5.41, 5.74) is 0.664. The molecule has 0 aromatic heterocycles. The Labute approximate surface area is 98.6 Å². The van der Waals surface area contributed by atoms with E-state index in [2.05, 4.69) is 38.5 Å². The van der Waals surface area contributed by atoms with Crippen LogP contribution in [0.2, 0.25) is 0 Å². The van der Waals surface area contributed by atoms with Crippen molar-refractivity contribution >= 4 is 38.5 Å². The Hall–Kier alpha value is 0.160. The summed E-state index contributed by atoms with van der Waals surface area (Å²) in [6.45, 7) is 0. The number of benzene rings is 1. The van der Waals surface area contributed by atoms with Gasteiger partial charge in [-0.1, -0.05) is 22.6 Å². The number of alkyl halides is 1. The first-order chi connectivity index (χ1) is 6.16. The molecule has 0 spiro atoms. The van der Waals surface area contributed by atoms with Crippen LogP contribution in [-0.2, 0) is 6.42 Å². The molecule has 1 rings (SSSR count). The van der Waals surface area contributed by atoms with E-state index in [4.69, 9.17) is 0 Å². The van der Waals surface area contributed by atoms with Gasteiger partial charge in [-0.15, -0.1) is 0 Å². The molecule has 0 aliphatic rings. The molecule has 72 valence electrons. The van der Waals surface area contributed by atoms with Crippen molar-refractivity contribution < 1.29 is 9.50 Å². The van der Waals surface area contributed by atoms with Gasteiger partial charge in [0.15, 0.2) is 0 Å². The molecule has 0 heterocycles. The van der Waals surface area contributed by atoms with E-state index < -0.39 is 0 Å². The minimum Gasteiger partial charge on any atom is -0.508 e. The van der Waals surface area contributed by atoms with E-state index in [1.165, 1.54) is 12.1 Å². The van der Waals surface area contributed by atoms with Gasteiger partial charge in [0.2, 0.25) is 0 Å². The molecule has 0 fully saturated rings.